The van der Waals surface area contributed by atoms with Crippen molar-refractivity contribution in [3.8, 4) is 0 Å². The highest BCUT2D eigenvalue weighted by Crippen LogP contribution is 2.07. The Balaban J connectivity index is 4.61. The van der Waals surface area contributed by atoms with Crippen molar-refractivity contribution in [1.29, 1.82) is 0 Å². The standard InChI is InChI=1S/C10H19NO4/c1-5-7(2)11(6-9(12)13)10(14)8(3)15-4/h7-8H,5-6H2,1-4H3,(H,12,13). The molecule has 0 radical (unpaired) electrons. The van der Waals surface area contributed by atoms with Crippen molar-refractivity contribution in [2.45, 2.75) is 39.3 Å². The lowest BCUT2D eigenvalue weighted by Gasteiger charge is -2.28. The van der Waals surface area contributed by atoms with Gasteiger partial charge >= 0.3 is 5.97 Å². The zero-order valence-corrected chi connectivity index (χ0v) is 9.69. The van der Waals surface area contributed by atoms with Crippen LogP contribution in [0.4, 0.5) is 0 Å². The number of amides is 1. The smallest absolute Gasteiger partial charge is 0.323 e. The highest BCUT2D eigenvalue weighted by molar-refractivity contribution is 5.84. The molecule has 2 unspecified atom stereocenters. The molecule has 1 amide bonds. The average molecular weight is 217 g/mol. The van der Waals surface area contributed by atoms with Gasteiger partial charge in [-0.1, -0.05) is 6.92 Å². The van der Waals surface area contributed by atoms with Gasteiger partial charge < -0.3 is 14.7 Å². The second kappa shape index (κ2) is 6.40. The van der Waals surface area contributed by atoms with E-state index < -0.39 is 12.1 Å². The molecule has 0 aliphatic carbocycles. The molecule has 0 fully saturated rings. The predicted molar refractivity (Wildman–Crippen MR) is 55.6 cm³/mol. The van der Waals surface area contributed by atoms with Gasteiger partial charge in [0.2, 0.25) is 0 Å². The summed E-state index contributed by atoms with van der Waals surface area (Å²) in [6.45, 7) is 5.06. The first-order valence-electron chi connectivity index (χ1n) is 4.99. The second-order valence-corrected chi connectivity index (χ2v) is 3.50. The summed E-state index contributed by atoms with van der Waals surface area (Å²) in [4.78, 5) is 23.7. The molecule has 0 aliphatic rings. The van der Waals surface area contributed by atoms with E-state index in [-0.39, 0.29) is 18.5 Å². The number of aliphatic carboxylic acids is 1. The molecular weight excluding hydrogens is 198 g/mol. The molecule has 0 aromatic rings. The third-order valence-electron chi connectivity index (χ3n) is 2.41. The molecule has 0 rings (SSSR count). The van der Waals surface area contributed by atoms with Crippen molar-refractivity contribution in [1.82, 2.24) is 4.90 Å². The van der Waals surface area contributed by atoms with Gasteiger partial charge in [-0.3, -0.25) is 9.59 Å². The first-order chi connectivity index (χ1) is 6.93. The van der Waals surface area contributed by atoms with Crippen molar-refractivity contribution < 1.29 is 19.4 Å². The fourth-order valence-corrected chi connectivity index (χ4v) is 1.15. The maximum Gasteiger partial charge on any atom is 0.323 e. The molecule has 15 heavy (non-hydrogen) atoms. The molecule has 1 N–H and O–H groups in total. The van der Waals surface area contributed by atoms with Crippen molar-refractivity contribution in [3.05, 3.63) is 0 Å². The normalized spacial score (nSPS) is 14.4. The molecule has 0 spiro atoms. The minimum Gasteiger partial charge on any atom is -0.480 e. The van der Waals surface area contributed by atoms with E-state index in [4.69, 9.17) is 9.84 Å². The number of carboxylic acids is 1. The third-order valence-corrected chi connectivity index (χ3v) is 2.41. The van der Waals surface area contributed by atoms with Crippen LogP contribution in [0, 0.1) is 0 Å². The van der Waals surface area contributed by atoms with Gasteiger partial charge in [-0.15, -0.1) is 0 Å². The summed E-state index contributed by atoms with van der Waals surface area (Å²) in [6, 6.07) is -0.0915. The van der Waals surface area contributed by atoms with Gasteiger partial charge in [0.05, 0.1) is 0 Å². The molecule has 0 aromatic carbocycles. The van der Waals surface area contributed by atoms with Crippen LogP contribution >= 0.6 is 0 Å². The van der Waals surface area contributed by atoms with Crippen LogP contribution in [0.1, 0.15) is 27.2 Å². The summed E-state index contributed by atoms with van der Waals surface area (Å²) in [5, 5.41) is 8.70. The van der Waals surface area contributed by atoms with Crippen LogP contribution in [-0.4, -0.2) is 47.7 Å². The van der Waals surface area contributed by atoms with Crippen LogP contribution in [0.3, 0.4) is 0 Å². The zero-order chi connectivity index (χ0) is 12.0. The Kier molecular flexibility index (Phi) is 5.93. The lowest BCUT2D eigenvalue weighted by molar-refractivity contribution is -0.151. The molecule has 5 nitrogen and oxygen atoms in total. The second-order valence-electron chi connectivity index (χ2n) is 3.50. The first-order valence-corrected chi connectivity index (χ1v) is 4.99. The Bertz CT molecular complexity index is 229. The molecule has 5 heteroatoms. The van der Waals surface area contributed by atoms with Gasteiger partial charge in [-0.05, 0) is 20.3 Å². The van der Waals surface area contributed by atoms with Crippen LogP contribution in [0.25, 0.3) is 0 Å². The average Bonchev–Trinajstić information content (AvgIpc) is 2.22. The third kappa shape index (κ3) is 4.29. The predicted octanol–water partition coefficient (Wildman–Crippen LogP) is 0.733. The van der Waals surface area contributed by atoms with Crippen LogP contribution in [0.5, 0.6) is 0 Å². The topological polar surface area (TPSA) is 66.8 Å². The SMILES string of the molecule is CCC(C)N(CC(=O)O)C(=O)C(C)OC. The quantitative estimate of drug-likeness (QED) is 0.712. The van der Waals surface area contributed by atoms with Crippen molar-refractivity contribution in [2.75, 3.05) is 13.7 Å². The number of rotatable bonds is 6. The first kappa shape index (κ1) is 13.9. The molecule has 88 valence electrons. The number of nitrogens with zero attached hydrogens (tertiary/aromatic N) is 1. The van der Waals surface area contributed by atoms with Crippen LogP contribution in [0.2, 0.25) is 0 Å². The molecule has 0 bridgehead atoms. The molecule has 0 aliphatic heterocycles. The summed E-state index contributed by atoms with van der Waals surface area (Å²) < 4.78 is 4.89. The minimum atomic E-state index is -1.01. The van der Waals surface area contributed by atoms with Crippen LogP contribution in [-0.2, 0) is 14.3 Å². The Morgan fingerprint density at radius 1 is 1.40 bits per heavy atom. The van der Waals surface area contributed by atoms with Gasteiger partial charge in [0.1, 0.15) is 12.6 Å². The van der Waals surface area contributed by atoms with Crippen molar-refractivity contribution >= 4 is 11.9 Å². The number of hydrogen-bond donors (Lipinski definition) is 1. The summed E-state index contributed by atoms with van der Waals surface area (Å²) in [5.74, 6) is -1.29. The van der Waals surface area contributed by atoms with E-state index in [2.05, 4.69) is 0 Å². The number of carboxylic acid groups (broad SMARTS) is 1. The monoisotopic (exact) mass is 217 g/mol. The van der Waals surface area contributed by atoms with E-state index in [9.17, 15) is 9.59 Å². The summed E-state index contributed by atoms with van der Waals surface area (Å²) in [6.07, 6.45) is 0.119. The van der Waals surface area contributed by atoms with E-state index in [1.807, 2.05) is 13.8 Å². The van der Waals surface area contributed by atoms with Gasteiger partial charge in [0, 0.05) is 13.2 Å². The Morgan fingerprint density at radius 2 is 1.93 bits per heavy atom. The van der Waals surface area contributed by atoms with E-state index in [0.29, 0.717) is 0 Å². The lowest BCUT2D eigenvalue weighted by Crippen LogP contribution is -2.46. The molecule has 0 saturated carbocycles. The number of carbonyl (C=O) groups excluding carboxylic acids is 1. The maximum absolute atomic E-state index is 11.7. The van der Waals surface area contributed by atoms with Crippen LogP contribution in [0.15, 0.2) is 0 Å². The fourth-order valence-electron chi connectivity index (χ4n) is 1.15. The number of carbonyl (C=O) groups is 2. The number of methoxy groups -OCH3 is 1. The fraction of sp³-hybridized carbons (Fsp3) is 0.800. The van der Waals surface area contributed by atoms with Gasteiger partial charge in [0.25, 0.3) is 5.91 Å². The highest BCUT2D eigenvalue weighted by atomic mass is 16.5. The Hall–Kier alpha value is -1.10. The number of ether oxygens (including phenoxy) is 1. The molecule has 2 atom stereocenters. The largest absolute Gasteiger partial charge is 0.480 e. The molecule has 0 saturated heterocycles. The van der Waals surface area contributed by atoms with E-state index >= 15 is 0 Å². The summed E-state index contributed by atoms with van der Waals surface area (Å²) in [5.41, 5.74) is 0. The van der Waals surface area contributed by atoms with Crippen molar-refractivity contribution in [3.63, 3.8) is 0 Å². The number of hydrogen-bond acceptors (Lipinski definition) is 3. The summed E-state index contributed by atoms with van der Waals surface area (Å²) >= 11 is 0. The zero-order valence-electron chi connectivity index (χ0n) is 9.69. The maximum atomic E-state index is 11.7. The van der Waals surface area contributed by atoms with E-state index in [0.717, 1.165) is 6.42 Å². The molecular formula is C10H19NO4. The van der Waals surface area contributed by atoms with Gasteiger partial charge in [0.15, 0.2) is 0 Å². The molecule has 0 aromatic heterocycles. The lowest BCUT2D eigenvalue weighted by atomic mass is 10.2. The highest BCUT2D eigenvalue weighted by Gasteiger charge is 2.25. The Morgan fingerprint density at radius 3 is 2.27 bits per heavy atom. The molecule has 0 heterocycles. The van der Waals surface area contributed by atoms with Crippen LogP contribution < -0.4 is 0 Å². The van der Waals surface area contributed by atoms with Gasteiger partial charge in [-0.2, -0.15) is 0 Å². The summed E-state index contributed by atoms with van der Waals surface area (Å²) in [7, 11) is 1.43. The minimum absolute atomic E-state index is 0.0915. The van der Waals surface area contributed by atoms with Crippen molar-refractivity contribution in [2.24, 2.45) is 0 Å². The van der Waals surface area contributed by atoms with E-state index in [1.165, 1.54) is 12.0 Å². The Labute approximate surface area is 90.0 Å². The van der Waals surface area contributed by atoms with Gasteiger partial charge in [-0.25, -0.2) is 0 Å². The van der Waals surface area contributed by atoms with E-state index in [1.54, 1.807) is 6.92 Å².